The molecule has 15 heavy (non-hydrogen) atoms. The van der Waals surface area contributed by atoms with E-state index in [1.165, 1.54) is 0 Å². The Morgan fingerprint density at radius 2 is 2.40 bits per heavy atom. The van der Waals surface area contributed by atoms with Crippen molar-refractivity contribution >= 4 is 0 Å². The summed E-state index contributed by atoms with van der Waals surface area (Å²) >= 11 is 0. The second-order valence-electron chi connectivity index (χ2n) is 3.83. The summed E-state index contributed by atoms with van der Waals surface area (Å²) in [5, 5.41) is 10.5. The van der Waals surface area contributed by atoms with Gasteiger partial charge in [-0.25, -0.2) is 0 Å². The first-order valence-corrected chi connectivity index (χ1v) is 5.06. The van der Waals surface area contributed by atoms with Gasteiger partial charge in [-0.05, 0) is 12.1 Å². The van der Waals surface area contributed by atoms with Gasteiger partial charge in [0.2, 0.25) is 0 Å². The fourth-order valence-electron chi connectivity index (χ4n) is 1.32. The number of aromatic amines is 1. The highest BCUT2D eigenvalue weighted by molar-refractivity contribution is 5.57. The summed E-state index contributed by atoms with van der Waals surface area (Å²) in [5.74, 6) is 0. The molecule has 4 heteroatoms. The van der Waals surface area contributed by atoms with Gasteiger partial charge >= 0.3 is 0 Å². The van der Waals surface area contributed by atoms with Crippen LogP contribution < -0.4 is 5.32 Å². The number of aromatic nitrogens is 2. The van der Waals surface area contributed by atoms with Crippen LogP contribution in [0.3, 0.4) is 0 Å². The van der Waals surface area contributed by atoms with Crippen molar-refractivity contribution in [3.05, 3.63) is 30.4 Å². The molecule has 0 fully saturated rings. The fraction of sp³-hybridized carbons (Fsp3) is 0.364. The molecule has 2 N–H and O–H groups in total. The highest BCUT2D eigenvalue weighted by atomic mass is 16.3. The van der Waals surface area contributed by atoms with E-state index in [0.717, 1.165) is 23.5 Å². The molecule has 80 valence electrons. The number of H-pyrrole nitrogens is 1. The van der Waals surface area contributed by atoms with Gasteiger partial charge in [0.05, 0.1) is 18.2 Å². The molecule has 2 aromatic heterocycles. The van der Waals surface area contributed by atoms with Gasteiger partial charge < -0.3 is 9.73 Å². The topological polar surface area (TPSA) is 53.9 Å². The van der Waals surface area contributed by atoms with Crippen molar-refractivity contribution in [2.45, 2.75) is 26.4 Å². The zero-order chi connectivity index (χ0) is 10.7. The number of nitrogens with one attached hydrogen (secondary N) is 2. The van der Waals surface area contributed by atoms with E-state index in [2.05, 4.69) is 29.4 Å². The molecule has 4 nitrogen and oxygen atoms in total. The van der Waals surface area contributed by atoms with E-state index in [9.17, 15) is 0 Å². The Labute approximate surface area is 88.7 Å². The summed E-state index contributed by atoms with van der Waals surface area (Å²) in [4.78, 5) is 0. The average molecular weight is 205 g/mol. The van der Waals surface area contributed by atoms with Crippen molar-refractivity contribution in [1.82, 2.24) is 15.5 Å². The third kappa shape index (κ3) is 2.47. The Hall–Kier alpha value is -1.55. The van der Waals surface area contributed by atoms with Crippen LogP contribution >= 0.6 is 0 Å². The second kappa shape index (κ2) is 4.31. The molecule has 2 aromatic rings. The molecule has 0 saturated heterocycles. The molecular formula is C11H15N3O. The molecule has 0 saturated carbocycles. The van der Waals surface area contributed by atoms with Gasteiger partial charge in [0.25, 0.3) is 0 Å². The molecular weight excluding hydrogens is 190 g/mol. The number of nitrogens with zero attached hydrogens (tertiary/aromatic N) is 1. The zero-order valence-electron chi connectivity index (χ0n) is 8.95. The Morgan fingerprint density at radius 3 is 3.07 bits per heavy atom. The Morgan fingerprint density at radius 1 is 1.53 bits per heavy atom. The minimum Gasteiger partial charge on any atom is -0.472 e. The Kier molecular flexibility index (Phi) is 2.87. The van der Waals surface area contributed by atoms with Crippen molar-refractivity contribution in [3.63, 3.8) is 0 Å². The molecule has 0 bridgehead atoms. The molecule has 0 aliphatic heterocycles. The van der Waals surface area contributed by atoms with Crippen molar-refractivity contribution in [1.29, 1.82) is 0 Å². The van der Waals surface area contributed by atoms with Gasteiger partial charge in [-0.2, -0.15) is 5.10 Å². The smallest absolute Gasteiger partial charge is 0.0997 e. The average Bonchev–Trinajstić information content (AvgIpc) is 2.85. The van der Waals surface area contributed by atoms with Gasteiger partial charge in [0.15, 0.2) is 0 Å². The normalized spacial score (nSPS) is 11.1. The Balaban J connectivity index is 2.04. The minimum atomic E-state index is 0.477. The summed E-state index contributed by atoms with van der Waals surface area (Å²) in [6.07, 6.45) is 3.34. The monoisotopic (exact) mass is 205 g/mol. The van der Waals surface area contributed by atoms with Crippen LogP contribution in [0.25, 0.3) is 11.3 Å². The van der Waals surface area contributed by atoms with Crippen LogP contribution in [0.15, 0.2) is 29.1 Å². The van der Waals surface area contributed by atoms with E-state index in [1.54, 1.807) is 12.5 Å². The maximum absolute atomic E-state index is 5.01. The zero-order valence-corrected chi connectivity index (χ0v) is 8.95. The summed E-state index contributed by atoms with van der Waals surface area (Å²) in [7, 11) is 0. The third-order valence-electron chi connectivity index (χ3n) is 2.15. The van der Waals surface area contributed by atoms with Gasteiger partial charge in [0, 0.05) is 23.8 Å². The van der Waals surface area contributed by atoms with Crippen molar-refractivity contribution in [2.75, 3.05) is 0 Å². The largest absolute Gasteiger partial charge is 0.472 e. The van der Waals surface area contributed by atoms with Gasteiger partial charge in [0.1, 0.15) is 0 Å². The quantitative estimate of drug-likeness (QED) is 0.804. The van der Waals surface area contributed by atoms with Crippen LogP contribution in [0, 0.1) is 0 Å². The summed E-state index contributed by atoms with van der Waals surface area (Å²) in [6, 6.07) is 4.40. The van der Waals surface area contributed by atoms with Crippen molar-refractivity contribution in [3.8, 4) is 11.3 Å². The van der Waals surface area contributed by atoms with Crippen molar-refractivity contribution in [2.24, 2.45) is 0 Å². The van der Waals surface area contributed by atoms with E-state index in [-0.39, 0.29) is 0 Å². The second-order valence-corrected chi connectivity index (χ2v) is 3.83. The maximum atomic E-state index is 5.01. The molecule has 0 aliphatic carbocycles. The van der Waals surface area contributed by atoms with Crippen LogP contribution in [-0.4, -0.2) is 16.2 Å². The van der Waals surface area contributed by atoms with E-state index < -0.39 is 0 Å². The number of hydrogen-bond donors (Lipinski definition) is 2. The lowest BCUT2D eigenvalue weighted by Gasteiger charge is -2.04. The molecule has 2 rings (SSSR count). The van der Waals surface area contributed by atoms with E-state index >= 15 is 0 Å². The fourth-order valence-corrected chi connectivity index (χ4v) is 1.32. The molecule has 0 atom stereocenters. The van der Waals surface area contributed by atoms with Gasteiger partial charge in [-0.15, -0.1) is 0 Å². The summed E-state index contributed by atoms with van der Waals surface area (Å²) in [5.41, 5.74) is 3.01. The third-order valence-corrected chi connectivity index (χ3v) is 2.15. The standard InChI is InChI=1S/C11H15N3O/c1-8(2)12-6-10-5-11(14-13-10)9-3-4-15-7-9/h3-5,7-8,12H,6H2,1-2H3,(H,13,14). The molecule has 0 amide bonds. The molecule has 0 radical (unpaired) electrons. The highest BCUT2D eigenvalue weighted by Crippen LogP contribution is 2.17. The van der Waals surface area contributed by atoms with E-state index in [1.807, 2.05) is 12.1 Å². The predicted octanol–water partition coefficient (Wildman–Crippen LogP) is 2.17. The van der Waals surface area contributed by atoms with Crippen LogP contribution in [-0.2, 0) is 6.54 Å². The van der Waals surface area contributed by atoms with Crippen LogP contribution in [0.2, 0.25) is 0 Å². The number of rotatable bonds is 4. The lowest BCUT2D eigenvalue weighted by Crippen LogP contribution is -2.21. The first-order valence-electron chi connectivity index (χ1n) is 5.06. The number of furan rings is 1. The first kappa shape index (κ1) is 9.98. The first-order chi connectivity index (χ1) is 7.25. The minimum absolute atomic E-state index is 0.477. The summed E-state index contributed by atoms with van der Waals surface area (Å²) in [6.45, 7) is 5.04. The van der Waals surface area contributed by atoms with Crippen LogP contribution in [0.1, 0.15) is 19.5 Å². The lowest BCUT2D eigenvalue weighted by molar-refractivity contribution is 0.568. The molecule has 0 aliphatic rings. The molecule has 0 aromatic carbocycles. The molecule has 0 spiro atoms. The summed E-state index contributed by atoms with van der Waals surface area (Å²) < 4.78 is 5.01. The SMILES string of the molecule is CC(C)NCc1cc(-c2ccoc2)n[nH]1. The van der Waals surface area contributed by atoms with Gasteiger partial charge in [-0.3, -0.25) is 5.10 Å². The molecule has 0 unspecified atom stereocenters. The highest BCUT2D eigenvalue weighted by Gasteiger charge is 2.04. The van der Waals surface area contributed by atoms with Crippen LogP contribution in [0.4, 0.5) is 0 Å². The molecule has 2 heterocycles. The number of hydrogen-bond acceptors (Lipinski definition) is 3. The van der Waals surface area contributed by atoms with Crippen molar-refractivity contribution < 1.29 is 4.42 Å². The van der Waals surface area contributed by atoms with Gasteiger partial charge in [-0.1, -0.05) is 13.8 Å². The Bertz CT molecular complexity index is 403. The van der Waals surface area contributed by atoms with Crippen LogP contribution in [0.5, 0.6) is 0 Å². The predicted molar refractivity (Wildman–Crippen MR) is 58.3 cm³/mol. The lowest BCUT2D eigenvalue weighted by atomic mass is 10.2. The van der Waals surface area contributed by atoms with E-state index in [4.69, 9.17) is 4.42 Å². The van der Waals surface area contributed by atoms with E-state index in [0.29, 0.717) is 6.04 Å². The maximum Gasteiger partial charge on any atom is 0.0997 e.